The molecule has 0 atom stereocenters. The fourth-order valence-corrected chi connectivity index (χ4v) is 4.01. The van der Waals surface area contributed by atoms with Crippen LogP contribution in [0.2, 0.25) is 0 Å². The number of rotatable bonds is 6. The van der Waals surface area contributed by atoms with Crippen LogP contribution in [0.3, 0.4) is 0 Å². The molecule has 2 aromatic carbocycles. The predicted octanol–water partition coefficient (Wildman–Crippen LogP) is 3.75. The van der Waals surface area contributed by atoms with E-state index in [2.05, 4.69) is 15.4 Å². The first-order valence-corrected chi connectivity index (χ1v) is 9.80. The van der Waals surface area contributed by atoms with Gasteiger partial charge >= 0.3 is 0 Å². The highest BCUT2D eigenvalue weighted by molar-refractivity contribution is 7.17. The molecular formula is C21H20N4O2S. The van der Waals surface area contributed by atoms with E-state index in [0.717, 1.165) is 28.4 Å². The maximum Gasteiger partial charge on any atom is 0.251 e. The highest BCUT2D eigenvalue weighted by Gasteiger charge is 2.14. The molecule has 0 aliphatic carbocycles. The molecule has 1 N–H and O–H groups in total. The van der Waals surface area contributed by atoms with Gasteiger partial charge in [0.15, 0.2) is 5.82 Å². The lowest BCUT2D eigenvalue weighted by Crippen LogP contribution is -2.25. The number of carbonyl (C=O) groups is 1. The van der Waals surface area contributed by atoms with E-state index < -0.39 is 0 Å². The molecule has 0 radical (unpaired) electrons. The van der Waals surface area contributed by atoms with Gasteiger partial charge in [0.1, 0.15) is 5.75 Å². The molecule has 0 saturated carbocycles. The molecule has 7 heteroatoms. The summed E-state index contributed by atoms with van der Waals surface area (Å²) < 4.78 is 7.07. The number of thiazole rings is 1. The maximum absolute atomic E-state index is 12.1. The van der Waals surface area contributed by atoms with Crippen LogP contribution in [-0.2, 0) is 6.42 Å². The van der Waals surface area contributed by atoms with Gasteiger partial charge in [-0.2, -0.15) is 4.98 Å². The number of aromatic nitrogens is 3. The first-order valence-electron chi connectivity index (χ1n) is 8.98. The zero-order valence-electron chi connectivity index (χ0n) is 15.7. The lowest BCUT2D eigenvalue weighted by atomic mass is 10.2. The van der Waals surface area contributed by atoms with Gasteiger partial charge in [0, 0.05) is 29.0 Å². The van der Waals surface area contributed by atoms with Crippen molar-refractivity contribution in [1.82, 2.24) is 19.9 Å². The number of aryl methyl sites for hydroxylation is 1. The second-order valence-electron chi connectivity index (χ2n) is 6.34. The van der Waals surface area contributed by atoms with Crippen LogP contribution in [0.5, 0.6) is 5.75 Å². The number of hydrogen-bond acceptors (Lipinski definition) is 5. The van der Waals surface area contributed by atoms with Gasteiger partial charge in [0.25, 0.3) is 5.91 Å². The molecule has 0 spiro atoms. The van der Waals surface area contributed by atoms with Gasteiger partial charge in [-0.25, -0.2) is 4.52 Å². The molecule has 6 nitrogen and oxygen atoms in total. The number of nitrogens with zero attached hydrogens (tertiary/aromatic N) is 3. The minimum Gasteiger partial charge on any atom is -0.497 e. The summed E-state index contributed by atoms with van der Waals surface area (Å²) in [5.41, 5.74) is 2.68. The molecule has 0 saturated heterocycles. The van der Waals surface area contributed by atoms with Gasteiger partial charge in [-0.3, -0.25) is 4.79 Å². The predicted molar refractivity (Wildman–Crippen MR) is 110 cm³/mol. The zero-order chi connectivity index (χ0) is 19.5. The van der Waals surface area contributed by atoms with Crippen molar-refractivity contribution in [2.24, 2.45) is 0 Å². The Hall–Kier alpha value is -3.19. The van der Waals surface area contributed by atoms with Gasteiger partial charge in [-0.15, -0.1) is 5.10 Å². The summed E-state index contributed by atoms with van der Waals surface area (Å²) in [6, 6.07) is 16.9. The molecule has 28 heavy (non-hydrogen) atoms. The number of carbonyl (C=O) groups excluding carboxylic acids is 1. The molecule has 0 unspecified atom stereocenters. The van der Waals surface area contributed by atoms with Crippen LogP contribution in [0.4, 0.5) is 0 Å². The second-order valence-corrected chi connectivity index (χ2v) is 7.40. The smallest absolute Gasteiger partial charge is 0.251 e. The topological polar surface area (TPSA) is 68.5 Å². The van der Waals surface area contributed by atoms with Gasteiger partial charge < -0.3 is 10.1 Å². The Labute approximate surface area is 166 Å². The Morgan fingerprint density at radius 3 is 2.57 bits per heavy atom. The molecule has 142 valence electrons. The standard InChI is InChI=1S/C21H20N4O2S/c1-14-18(12-13-22-20(26)16-6-4-3-5-7-16)28-21-23-19(24-25(14)21)15-8-10-17(27-2)11-9-15/h3-11H,12-13H2,1-2H3,(H,22,26). The Kier molecular flexibility index (Phi) is 5.08. The summed E-state index contributed by atoms with van der Waals surface area (Å²) in [6.45, 7) is 2.61. The number of ether oxygens (including phenoxy) is 1. The van der Waals surface area contributed by atoms with Crippen molar-refractivity contribution in [3.05, 3.63) is 70.7 Å². The number of benzene rings is 2. The van der Waals surface area contributed by atoms with Crippen LogP contribution in [0.1, 0.15) is 20.9 Å². The SMILES string of the molecule is COc1ccc(-c2nc3sc(CCNC(=O)c4ccccc4)c(C)n3n2)cc1. The quantitative estimate of drug-likeness (QED) is 0.543. The van der Waals surface area contributed by atoms with Crippen LogP contribution in [-0.4, -0.2) is 34.2 Å². The Balaban J connectivity index is 1.45. The summed E-state index contributed by atoms with van der Waals surface area (Å²) in [4.78, 5) is 18.8. The van der Waals surface area contributed by atoms with Crippen molar-refractivity contribution >= 4 is 22.2 Å². The molecule has 1 amide bonds. The molecular weight excluding hydrogens is 372 g/mol. The third-order valence-corrected chi connectivity index (χ3v) is 5.73. The summed E-state index contributed by atoms with van der Waals surface area (Å²) in [7, 11) is 1.65. The highest BCUT2D eigenvalue weighted by Crippen LogP contribution is 2.26. The Morgan fingerprint density at radius 2 is 1.89 bits per heavy atom. The van der Waals surface area contributed by atoms with Gasteiger partial charge in [-0.05, 0) is 43.3 Å². The van der Waals surface area contributed by atoms with Gasteiger partial charge in [-0.1, -0.05) is 29.5 Å². The van der Waals surface area contributed by atoms with Crippen LogP contribution in [0.25, 0.3) is 16.3 Å². The lowest BCUT2D eigenvalue weighted by molar-refractivity contribution is 0.0954. The van der Waals surface area contributed by atoms with Gasteiger partial charge in [0.05, 0.1) is 12.8 Å². The van der Waals surface area contributed by atoms with E-state index in [9.17, 15) is 4.79 Å². The number of hydrogen-bond donors (Lipinski definition) is 1. The van der Waals surface area contributed by atoms with Crippen LogP contribution >= 0.6 is 11.3 Å². The van der Waals surface area contributed by atoms with Crippen molar-refractivity contribution in [2.75, 3.05) is 13.7 Å². The average Bonchev–Trinajstić information content (AvgIpc) is 3.28. The van der Waals surface area contributed by atoms with E-state index in [4.69, 9.17) is 4.74 Å². The first-order chi connectivity index (χ1) is 13.7. The lowest BCUT2D eigenvalue weighted by Gasteiger charge is -2.04. The fourth-order valence-electron chi connectivity index (χ4n) is 2.96. The minimum absolute atomic E-state index is 0.0560. The Morgan fingerprint density at radius 1 is 1.14 bits per heavy atom. The third kappa shape index (κ3) is 3.61. The summed E-state index contributed by atoms with van der Waals surface area (Å²) in [5, 5.41) is 7.60. The molecule has 2 aromatic heterocycles. The first kappa shape index (κ1) is 18.2. The van der Waals surface area contributed by atoms with E-state index in [1.54, 1.807) is 18.4 Å². The molecule has 0 fully saturated rings. The number of methoxy groups -OCH3 is 1. The largest absolute Gasteiger partial charge is 0.497 e. The zero-order valence-corrected chi connectivity index (χ0v) is 16.5. The summed E-state index contributed by atoms with van der Waals surface area (Å²) >= 11 is 1.61. The van der Waals surface area contributed by atoms with Crippen LogP contribution in [0, 0.1) is 6.92 Å². The van der Waals surface area contributed by atoms with E-state index >= 15 is 0 Å². The molecule has 4 rings (SSSR count). The molecule has 0 aliphatic heterocycles. The minimum atomic E-state index is -0.0560. The summed E-state index contributed by atoms with van der Waals surface area (Å²) in [5.74, 6) is 1.45. The summed E-state index contributed by atoms with van der Waals surface area (Å²) in [6.07, 6.45) is 0.748. The van der Waals surface area contributed by atoms with E-state index in [1.807, 2.05) is 66.0 Å². The van der Waals surface area contributed by atoms with Crippen molar-refractivity contribution in [3.63, 3.8) is 0 Å². The fraction of sp³-hybridized carbons (Fsp3) is 0.190. The molecule has 4 aromatic rings. The van der Waals surface area contributed by atoms with Crippen LogP contribution in [0.15, 0.2) is 54.6 Å². The van der Waals surface area contributed by atoms with E-state index in [1.165, 1.54) is 4.88 Å². The van der Waals surface area contributed by atoms with Crippen molar-refractivity contribution in [3.8, 4) is 17.1 Å². The van der Waals surface area contributed by atoms with E-state index in [0.29, 0.717) is 17.9 Å². The number of amides is 1. The van der Waals surface area contributed by atoms with E-state index in [-0.39, 0.29) is 5.91 Å². The maximum atomic E-state index is 12.1. The molecule has 2 heterocycles. The highest BCUT2D eigenvalue weighted by atomic mass is 32.1. The number of nitrogens with one attached hydrogen (secondary N) is 1. The molecule has 0 bridgehead atoms. The van der Waals surface area contributed by atoms with Crippen molar-refractivity contribution in [2.45, 2.75) is 13.3 Å². The van der Waals surface area contributed by atoms with Crippen molar-refractivity contribution in [1.29, 1.82) is 0 Å². The van der Waals surface area contributed by atoms with Crippen molar-refractivity contribution < 1.29 is 9.53 Å². The third-order valence-electron chi connectivity index (χ3n) is 4.54. The second kappa shape index (κ2) is 7.82. The Bertz CT molecular complexity index is 1100. The molecule has 0 aliphatic rings. The van der Waals surface area contributed by atoms with Crippen LogP contribution < -0.4 is 10.1 Å². The number of fused-ring (bicyclic) bond motifs is 1. The monoisotopic (exact) mass is 392 g/mol. The normalized spacial score (nSPS) is 10.9. The average molecular weight is 392 g/mol. The van der Waals surface area contributed by atoms with Gasteiger partial charge in [0.2, 0.25) is 4.96 Å².